The van der Waals surface area contributed by atoms with Crippen LogP contribution in [0.2, 0.25) is 0 Å². The molecule has 6 heteroatoms. The molecular formula is C15H9BrF2N2O. The number of aromatic hydroxyl groups is 1. The lowest BCUT2D eigenvalue weighted by Gasteiger charge is -1.96. The van der Waals surface area contributed by atoms with E-state index in [1.165, 1.54) is 12.3 Å². The second-order valence-electron chi connectivity index (χ2n) is 4.43. The highest BCUT2D eigenvalue weighted by Crippen LogP contribution is 2.28. The van der Waals surface area contributed by atoms with E-state index in [1.54, 1.807) is 0 Å². The van der Waals surface area contributed by atoms with E-state index in [1.807, 2.05) is 18.2 Å². The van der Waals surface area contributed by atoms with E-state index in [-0.39, 0.29) is 11.6 Å². The van der Waals surface area contributed by atoms with Crippen molar-refractivity contribution in [1.29, 1.82) is 0 Å². The van der Waals surface area contributed by atoms with Gasteiger partial charge >= 0.3 is 0 Å². The third-order valence-corrected chi connectivity index (χ3v) is 3.52. The van der Waals surface area contributed by atoms with Crippen LogP contribution in [0.15, 0.2) is 45.9 Å². The molecule has 2 N–H and O–H groups in total. The maximum Gasteiger partial charge on any atom is 0.198 e. The Labute approximate surface area is 127 Å². The Hall–Kier alpha value is -2.21. The van der Waals surface area contributed by atoms with Crippen LogP contribution in [0.4, 0.5) is 14.5 Å². The number of nitrogens with zero attached hydrogens (tertiary/aromatic N) is 1. The standard InChI is InChI=1S/C15H9BrF2N2O/c16-8-1-4-14-10(5-8)11(15(21)20-14)7-19-9-2-3-12(17)13(18)6-9/h1-7,20-21H. The molecule has 1 heterocycles. The molecule has 0 atom stereocenters. The van der Waals surface area contributed by atoms with Crippen LogP contribution in [0.3, 0.4) is 0 Å². The molecule has 106 valence electrons. The van der Waals surface area contributed by atoms with Crippen LogP contribution >= 0.6 is 15.9 Å². The van der Waals surface area contributed by atoms with Crippen LogP contribution < -0.4 is 0 Å². The van der Waals surface area contributed by atoms with E-state index >= 15 is 0 Å². The SMILES string of the molecule is Oc1[nH]c2ccc(Br)cc2c1C=Nc1ccc(F)c(F)c1. The van der Waals surface area contributed by atoms with Crippen LogP contribution in [-0.4, -0.2) is 16.3 Å². The van der Waals surface area contributed by atoms with Crippen LogP contribution in [0.5, 0.6) is 5.88 Å². The predicted molar refractivity (Wildman–Crippen MR) is 81.3 cm³/mol. The van der Waals surface area contributed by atoms with Crippen molar-refractivity contribution in [2.75, 3.05) is 0 Å². The Morgan fingerprint density at radius 1 is 1.10 bits per heavy atom. The molecule has 1 aromatic heterocycles. The smallest absolute Gasteiger partial charge is 0.198 e. The summed E-state index contributed by atoms with van der Waals surface area (Å²) in [6, 6.07) is 8.85. The lowest BCUT2D eigenvalue weighted by atomic mass is 10.2. The van der Waals surface area contributed by atoms with E-state index < -0.39 is 11.6 Å². The minimum absolute atomic E-state index is 0.0329. The number of aromatic nitrogens is 1. The van der Waals surface area contributed by atoms with Gasteiger partial charge < -0.3 is 10.1 Å². The number of H-pyrrole nitrogens is 1. The summed E-state index contributed by atoms with van der Waals surface area (Å²) < 4.78 is 26.8. The third kappa shape index (κ3) is 2.67. The number of hydrogen-bond acceptors (Lipinski definition) is 2. The zero-order valence-electron chi connectivity index (χ0n) is 10.6. The van der Waals surface area contributed by atoms with Crippen molar-refractivity contribution in [1.82, 2.24) is 4.98 Å². The lowest BCUT2D eigenvalue weighted by Crippen LogP contribution is -1.83. The van der Waals surface area contributed by atoms with Crippen LogP contribution in [0.1, 0.15) is 5.56 Å². The van der Waals surface area contributed by atoms with E-state index in [2.05, 4.69) is 25.9 Å². The molecule has 3 rings (SSSR count). The molecule has 3 nitrogen and oxygen atoms in total. The van der Waals surface area contributed by atoms with Gasteiger partial charge in [-0.3, -0.25) is 4.99 Å². The molecule has 0 bridgehead atoms. The first-order valence-electron chi connectivity index (χ1n) is 6.04. The number of aromatic amines is 1. The fourth-order valence-corrected chi connectivity index (χ4v) is 2.37. The summed E-state index contributed by atoms with van der Waals surface area (Å²) in [5.41, 5.74) is 1.50. The topological polar surface area (TPSA) is 48.4 Å². The summed E-state index contributed by atoms with van der Waals surface area (Å²) in [7, 11) is 0. The molecule has 0 aliphatic rings. The minimum Gasteiger partial charge on any atom is -0.494 e. The summed E-state index contributed by atoms with van der Waals surface area (Å²) in [5.74, 6) is -1.92. The van der Waals surface area contributed by atoms with Crippen LogP contribution in [-0.2, 0) is 0 Å². The van der Waals surface area contributed by atoms with Gasteiger partial charge in [0.1, 0.15) is 0 Å². The Morgan fingerprint density at radius 3 is 2.67 bits per heavy atom. The van der Waals surface area contributed by atoms with Crippen molar-refractivity contribution in [3.05, 3.63) is 58.1 Å². The number of nitrogens with one attached hydrogen (secondary N) is 1. The maximum atomic E-state index is 13.1. The zero-order chi connectivity index (χ0) is 15.0. The van der Waals surface area contributed by atoms with Gasteiger partial charge in [0.25, 0.3) is 0 Å². The summed E-state index contributed by atoms with van der Waals surface area (Å²) in [4.78, 5) is 6.88. The summed E-state index contributed by atoms with van der Waals surface area (Å²) in [6.45, 7) is 0. The first-order valence-corrected chi connectivity index (χ1v) is 6.83. The molecule has 2 aromatic carbocycles. The monoisotopic (exact) mass is 350 g/mol. The minimum atomic E-state index is -0.962. The van der Waals surface area contributed by atoms with Gasteiger partial charge in [-0.1, -0.05) is 15.9 Å². The normalized spacial score (nSPS) is 11.6. The Bertz CT molecular complexity index is 858. The molecule has 0 fully saturated rings. The summed E-state index contributed by atoms with van der Waals surface area (Å²) in [5, 5.41) is 10.7. The van der Waals surface area contributed by atoms with E-state index in [9.17, 15) is 13.9 Å². The average molecular weight is 351 g/mol. The van der Waals surface area contributed by atoms with E-state index in [4.69, 9.17) is 0 Å². The Kier molecular flexibility index (Phi) is 3.47. The number of rotatable bonds is 2. The van der Waals surface area contributed by atoms with Gasteiger partial charge in [-0.15, -0.1) is 0 Å². The number of aliphatic imine (C=N–C) groups is 1. The second kappa shape index (κ2) is 5.29. The molecule has 0 saturated heterocycles. The predicted octanol–water partition coefficient (Wildman–Crippen LogP) is 4.66. The molecule has 0 spiro atoms. The first kappa shape index (κ1) is 13.8. The highest BCUT2D eigenvalue weighted by atomic mass is 79.9. The number of hydrogen-bond donors (Lipinski definition) is 2. The van der Waals surface area contributed by atoms with Crippen molar-refractivity contribution in [3.8, 4) is 5.88 Å². The van der Waals surface area contributed by atoms with E-state index in [0.717, 1.165) is 27.5 Å². The number of halogens is 3. The molecule has 21 heavy (non-hydrogen) atoms. The molecule has 0 radical (unpaired) electrons. The van der Waals surface area contributed by atoms with Crippen molar-refractivity contribution >= 4 is 38.7 Å². The zero-order valence-corrected chi connectivity index (χ0v) is 12.2. The fourth-order valence-electron chi connectivity index (χ4n) is 2.01. The Balaban J connectivity index is 2.04. The van der Waals surface area contributed by atoms with Crippen molar-refractivity contribution in [2.24, 2.45) is 4.99 Å². The van der Waals surface area contributed by atoms with Gasteiger partial charge in [0, 0.05) is 27.7 Å². The highest BCUT2D eigenvalue weighted by Gasteiger charge is 2.09. The Morgan fingerprint density at radius 2 is 1.90 bits per heavy atom. The van der Waals surface area contributed by atoms with E-state index in [0.29, 0.717) is 5.56 Å². The van der Waals surface area contributed by atoms with Gasteiger partial charge in [0.2, 0.25) is 0 Å². The maximum absolute atomic E-state index is 13.1. The van der Waals surface area contributed by atoms with Gasteiger partial charge in [-0.25, -0.2) is 8.78 Å². The molecule has 0 aliphatic heterocycles. The fraction of sp³-hybridized carbons (Fsp3) is 0. The molecular weight excluding hydrogens is 342 g/mol. The van der Waals surface area contributed by atoms with Crippen molar-refractivity contribution < 1.29 is 13.9 Å². The average Bonchev–Trinajstić information content (AvgIpc) is 2.75. The second-order valence-corrected chi connectivity index (χ2v) is 5.35. The van der Waals surface area contributed by atoms with Gasteiger partial charge in [0.05, 0.1) is 11.3 Å². The molecule has 0 aliphatic carbocycles. The third-order valence-electron chi connectivity index (χ3n) is 3.03. The van der Waals surface area contributed by atoms with Gasteiger partial charge in [-0.2, -0.15) is 0 Å². The highest BCUT2D eigenvalue weighted by molar-refractivity contribution is 9.10. The number of fused-ring (bicyclic) bond motifs is 1. The van der Waals surface area contributed by atoms with Gasteiger partial charge in [0.15, 0.2) is 17.5 Å². The first-order chi connectivity index (χ1) is 10.0. The van der Waals surface area contributed by atoms with Crippen LogP contribution in [0.25, 0.3) is 10.9 Å². The summed E-state index contributed by atoms with van der Waals surface area (Å²) >= 11 is 3.36. The molecule has 0 amide bonds. The van der Waals surface area contributed by atoms with Crippen molar-refractivity contribution in [2.45, 2.75) is 0 Å². The van der Waals surface area contributed by atoms with Crippen molar-refractivity contribution in [3.63, 3.8) is 0 Å². The lowest BCUT2D eigenvalue weighted by molar-refractivity contribution is 0.457. The molecule has 3 aromatic rings. The summed E-state index contributed by atoms with van der Waals surface area (Å²) in [6.07, 6.45) is 1.41. The van der Waals surface area contributed by atoms with Crippen LogP contribution in [0, 0.1) is 11.6 Å². The van der Waals surface area contributed by atoms with Gasteiger partial charge in [-0.05, 0) is 30.3 Å². The number of benzene rings is 2. The quantitative estimate of drug-likeness (QED) is 0.648. The largest absolute Gasteiger partial charge is 0.494 e. The molecule has 0 unspecified atom stereocenters. The molecule has 0 saturated carbocycles.